The van der Waals surface area contributed by atoms with Gasteiger partial charge in [-0.2, -0.15) is 0 Å². The summed E-state index contributed by atoms with van der Waals surface area (Å²) < 4.78 is 5.11. The summed E-state index contributed by atoms with van der Waals surface area (Å²) in [7, 11) is 0. The normalized spacial score (nSPS) is 10.9. The van der Waals surface area contributed by atoms with Gasteiger partial charge >= 0.3 is 0 Å². The third-order valence-corrected chi connectivity index (χ3v) is 1.89. The van der Waals surface area contributed by atoms with E-state index in [0.29, 0.717) is 10.9 Å². The van der Waals surface area contributed by atoms with Crippen molar-refractivity contribution in [1.82, 2.24) is 0 Å². The lowest BCUT2D eigenvalue weighted by atomic mass is 10.2. The van der Waals surface area contributed by atoms with Gasteiger partial charge in [-0.25, -0.2) is 0 Å². The smallest absolute Gasteiger partial charge is 0.212 e. The molecule has 10 heavy (non-hydrogen) atoms. The first kappa shape index (κ1) is 7.96. The van der Waals surface area contributed by atoms with Gasteiger partial charge < -0.3 is 4.42 Å². The molecule has 1 aromatic heterocycles. The van der Waals surface area contributed by atoms with Crippen molar-refractivity contribution in [2.45, 2.75) is 19.8 Å². The Morgan fingerprint density at radius 1 is 1.40 bits per heavy atom. The maximum atomic E-state index is 5.65. The van der Waals surface area contributed by atoms with E-state index < -0.39 is 0 Å². The van der Waals surface area contributed by atoms with Gasteiger partial charge in [0.2, 0.25) is 5.22 Å². The molecule has 0 N–H and O–H groups in total. The molecule has 0 aliphatic carbocycles. The van der Waals surface area contributed by atoms with E-state index in [1.165, 1.54) is 0 Å². The fraction of sp³-hybridized carbons (Fsp3) is 0.429. The molecule has 1 nitrogen and oxygen atoms in total. The highest BCUT2D eigenvalue weighted by Gasteiger charge is 2.08. The van der Waals surface area contributed by atoms with Crippen LogP contribution in [0, 0.1) is 0 Å². The number of halogens is 2. The number of hydrogen-bond acceptors (Lipinski definition) is 1. The summed E-state index contributed by atoms with van der Waals surface area (Å²) in [5.74, 6) is 1.17. The zero-order valence-corrected chi connectivity index (χ0v) is 7.33. The van der Waals surface area contributed by atoms with Gasteiger partial charge in [0.25, 0.3) is 0 Å². The molecule has 56 valence electrons. The number of hydrogen-bond donors (Lipinski definition) is 0. The summed E-state index contributed by atoms with van der Waals surface area (Å²) in [4.78, 5) is 0. The zero-order chi connectivity index (χ0) is 7.72. The van der Waals surface area contributed by atoms with Gasteiger partial charge in [-0.1, -0.05) is 25.4 Å². The summed E-state index contributed by atoms with van der Waals surface area (Å²) >= 11 is 11.2. The quantitative estimate of drug-likeness (QED) is 0.640. The highest BCUT2D eigenvalue weighted by atomic mass is 35.5. The fourth-order valence-electron chi connectivity index (χ4n) is 0.648. The maximum Gasteiger partial charge on any atom is 0.212 e. The van der Waals surface area contributed by atoms with Crippen LogP contribution in [0.15, 0.2) is 10.5 Å². The molecular weight excluding hydrogens is 171 g/mol. The van der Waals surface area contributed by atoms with Crippen LogP contribution in [0.2, 0.25) is 10.2 Å². The van der Waals surface area contributed by atoms with E-state index in [0.717, 1.165) is 5.76 Å². The van der Waals surface area contributed by atoms with Gasteiger partial charge in [0, 0.05) is 12.0 Å². The first-order valence-electron chi connectivity index (χ1n) is 3.06. The Kier molecular flexibility index (Phi) is 2.27. The van der Waals surface area contributed by atoms with Crippen molar-refractivity contribution in [3.63, 3.8) is 0 Å². The van der Waals surface area contributed by atoms with Crippen molar-refractivity contribution in [3.8, 4) is 0 Å². The first-order chi connectivity index (χ1) is 4.61. The summed E-state index contributed by atoms with van der Waals surface area (Å²) in [6.07, 6.45) is 0. The first-order valence-corrected chi connectivity index (χ1v) is 3.81. The van der Waals surface area contributed by atoms with Crippen LogP contribution in [0.25, 0.3) is 0 Å². The van der Waals surface area contributed by atoms with Crippen LogP contribution < -0.4 is 0 Å². The molecule has 0 spiro atoms. The van der Waals surface area contributed by atoms with Crippen LogP contribution in [0.3, 0.4) is 0 Å². The second-order valence-electron chi connectivity index (χ2n) is 2.43. The van der Waals surface area contributed by atoms with Crippen molar-refractivity contribution in [2.75, 3.05) is 0 Å². The third-order valence-electron chi connectivity index (χ3n) is 1.23. The Labute approximate surface area is 69.9 Å². The minimum atomic E-state index is 0.283. The molecule has 3 heteroatoms. The molecule has 0 fully saturated rings. The minimum absolute atomic E-state index is 0.283. The van der Waals surface area contributed by atoms with Gasteiger partial charge in [-0.05, 0) is 11.6 Å². The van der Waals surface area contributed by atoms with Gasteiger partial charge in [-0.3, -0.25) is 0 Å². The van der Waals surface area contributed by atoms with E-state index in [1.807, 2.05) is 13.8 Å². The highest BCUT2D eigenvalue weighted by Crippen LogP contribution is 2.29. The van der Waals surface area contributed by atoms with Crippen LogP contribution >= 0.6 is 23.2 Å². The largest absolute Gasteiger partial charge is 0.448 e. The minimum Gasteiger partial charge on any atom is -0.448 e. The second-order valence-corrected chi connectivity index (χ2v) is 3.18. The van der Waals surface area contributed by atoms with Crippen molar-refractivity contribution < 1.29 is 4.42 Å². The molecule has 1 aromatic rings. The Morgan fingerprint density at radius 2 is 2.00 bits per heavy atom. The van der Waals surface area contributed by atoms with Gasteiger partial charge in [-0.15, -0.1) is 0 Å². The number of rotatable bonds is 1. The molecule has 0 saturated carbocycles. The molecule has 0 radical (unpaired) electrons. The monoisotopic (exact) mass is 178 g/mol. The van der Waals surface area contributed by atoms with Gasteiger partial charge in [0.15, 0.2) is 0 Å². The molecule has 0 unspecified atom stereocenters. The van der Waals surface area contributed by atoms with Crippen LogP contribution in [0.1, 0.15) is 25.5 Å². The van der Waals surface area contributed by atoms with E-state index in [1.54, 1.807) is 6.07 Å². The average Bonchev–Trinajstić information content (AvgIpc) is 2.13. The van der Waals surface area contributed by atoms with Crippen molar-refractivity contribution in [1.29, 1.82) is 0 Å². The predicted molar refractivity (Wildman–Crippen MR) is 42.8 cm³/mol. The molecule has 0 aromatic carbocycles. The Morgan fingerprint density at radius 3 is 2.20 bits per heavy atom. The molecule has 0 amide bonds. The van der Waals surface area contributed by atoms with Crippen molar-refractivity contribution >= 4 is 23.2 Å². The van der Waals surface area contributed by atoms with Gasteiger partial charge in [0.05, 0.1) is 5.02 Å². The standard InChI is InChI=1S/C7H8Cl2O/c1-4(2)6-3-5(8)7(9)10-6/h3-4H,1-2H3. The molecule has 1 rings (SSSR count). The molecular formula is C7H8Cl2O. The molecule has 0 aliphatic rings. The fourth-order valence-corrected chi connectivity index (χ4v) is 0.938. The van der Waals surface area contributed by atoms with Crippen molar-refractivity contribution in [3.05, 3.63) is 22.1 Å². The van der Waals surface area contributed by atoms with Crippen LogP contribution in [-0.2, 0) is 0 Å². The third kappa shape index (κ3) is 1.47. The van der Waals surface area contributed by atoms with Crippen molar-refractivity contribution in [2.24, 2.45) is 0 Å². The molecule has 0 saturated heterocycles. The predicted octanol–water partition coefficient (Wildman–Crippen LogP) is 3.71. The summed E-state index contributed by atoms with van der Waals surface area (Å²) in [5.41, 5.74) is 0. The van der Waals surface area contributed by atoms with E-state index in [4.69, 9.17) is 27.6 Å². The van der Waals surface area contributed by atoms with Crippen LogP contribution in [0.5, 0.6) is 0 Å². The summed E-state index contributed by atoms with van der Waals surface area (Å²) in [6.45, 7) is 4.04. The Hall–Kier alpha value is -0.140. The highest BCUT2D eigenvalue weighted by molar-refractivity contribution is 6.40. The molecule has 0 aliphatic heterocycles. The maximum absolute atomic E-state index is 5.65. The van der Waals surface area contributed by atoms with Crippen LogP contribution in [-0.4, -0.2) is 0 Å². The Bertz CT molecular complexity index is 208. The SMILES string of the molecule is CC(C)c1cc(Cl)c(Cl)o1. The summed E-state index contributed by atoms with van der Waals surface area (Å²) in [5, 5.41) is 0.774. The second kappa shape index (κ2) is 2.85. The van der Waals surface area contributed by atoms with E-state index >= 15 is 0 Å². The topological polar surface area (TPSA) is 13.1 Å². The summed E-state index contributed by atoms with van der Waals surface area (Å²) in [6, 6.07) is 1.74. The average molecular weight is 179 g/mol. The molecule has 0 atom stereocenters. The molecule has 0 bridgehead atoms. The molecule has 1 heterocycles. The van der Waals surface area contributed by atoms with Gasteiger partial charge in [0.1, 0.15) is 5.76 Å². The lowest BCUT2D eigenvalue weighted by Gasteiger charge is -1.95. The van der Waals surface area contributed by atoms with E-state index in [-0.39, 0.29) is 5.22 Å². The Balaban J connectivity index is 2.98. The van der Waals surface area contributed by atoms with E-state index in [9.17, 15) is 0 Å². The van der Waals surface area contributed by atoms with E-state index in [2.05, 4.69) is 0 Å². The van der Waals surface area contributed by atoms with Crippen LogP contribution in [0.4, 0.5) is 0 Å². The number of furan rings is 1. The zero-order valence-electron chi connectivity index (χ0n) is 5.82. The lowest BCUT2D eigenvalue weighted by molar-refractivity contribution is 0.488. The lowest BCUT2D eigenvalue weighted by Crippen LogP contribution is -1.79.